The van der Waals surface area contributed by atoms with E-state index in [9.17, 15) is 0 Å². The van der Waals surface area contributed by atoms with Crippen LogP contribution in [0.4, 0.5) is 0 Å². The van der Waals surface area contributed by atoms with E-state index >= 15 is 0 Å². The highest BCUT2D eigenvalue weighted by Gasteiger charge is 2.46. The summed E-state index contributed by atoms with van der Waals surface area (Å²) in [7, 11) is 0. The van der Waals surface area contributed by atoms with Crippen molar-refractivity contribution in [1.29, 1.82) is 0 Å². The molecule has 12 aromatic rings. The molecule has 0 spiro atoms. The topological polar surface area (TPSA) is 26.3 Å². The molecule has 0 atom stereocenters. The molecular weight excluding hydrogens is 909 g/mol. The van der Waals surface area contributed by atoms with E-state index in [1.165, 1.54) is 132 Å². The first kappa shape index (κ1) is 44.8. The van der Waals surface area contributed by atoms with E-state index in [2.05, 4.69) is 241 Å². The Hall–Kier alpha value is -7.68. The van der Waals surface area contributed by atoms with Gasteiger partial charge in [0.15, 0.2) is 0 Å². The van der Waals surface area contributed by atoms with Crippen LogP contribution < -0.4 is 0 Å². The van der Waals surface area contributed by atoms with Crippen molar-refractivity contribution in [1.82, 2.24) is 0 Å². The summed E-state index contributed by atoms with van der Waals surface area (Å²) in [6, 6.07) is 60.3. The molecule has 0 bridgehead atoms. The van der Waals surface area contributed by atoms with Crippen LogP contribution in [0, 0.1) is 0 Å². The summed E-state index contributed by atoms with van der Waals surface area (Å²) >= 11 is 0. The van der Waals surface area contributed by atoms with Gasteiger partial charge in [-0.1, -0.05) is 204 Å². The average molecular weight is 971 g/mol. The van der Waals surface area contributed by atoms with Gasteiger partial charge in [0, 0.05) is 60.0 Å². The first-order valence-corrected chi connectivity index (χ1v) is 27.2. The van der Waals surface area contributed by atoms with Crippen LogP contribution in [-0.4, -0.2) is 0 Å². The molecule has 2 nitrogen and oxygen atoms in total. The van der Waals surface area contributed by atoms with Gasteiger partial charge in [-0.15, -0.1) is 0 Å². The zero-order valence-electron chi connectivity index (χ0n) is 45.3. The molecule has 0 unspecified atom stereocenters. The Morgan fingerprint density at radius 1 is 0.267 bits per heavy atom. The normalized spacial score (nSPS) is 15.8. The van der Waals surface area contributed by atoms with Crippen LogP contribution in [0.1, 0.15) is 128 Å². The van der Waals surface area contributed by atoms with Crippen LogP contribution in [0.15, 0.2) is 167 Å². The Balaban J connectivity index is 0.894. The monoisotopic (exact) mass is 970 g/mol. The molecule has 366 valence electrons. The molecule has 15 rings (SSSR count). The van der Waals surface area contributed by atoms with Crippen molar-refractivity contribution in [3.63, 3.8) is 0 Å². The van der Waals surface area contributed by atoms with Crippen molar-refractivity contribution < 1.29 is 8.83 Å². The zero-order valence-corrected chi connectivity index (χ0v) is 45.3. The van der Waals surface area contributed by atoms with Crippen molar-refractivity contribution in [2.24, 2.45) is 0 Å². The third-order valence-corrected chi connectivity index (χ3v) is 18.5. The Kier molecular flexibility index (Phi) is 8.58. The molecule has 10 aromatic carbocycles. The third-order valence-electron chi connectivity index (χ3n) is 18.5. The maximum absolute atomic E-state index is 7.04. The second kappa shape index (κ2) is 14.4. The number of fused-ring (bicyclic) bond motifs is 19. The highest BCUT2D eigenvalue weighted by molar-refractivity contribution is 6.18. The largest absolute Gasteiger partial charge is 0.455 e. The molecular formula is C73H62O2. The first-order valence-electron chi connectivity index (χ1n) is 27.2. The molecule has 0 radical (unpaired) electrons. The standard InChI is InChI=1S/C73H62O2/c1-69(2,3)55-31-19-29-45-43-25-17-27-47(65(43)74-67(45)55)49-33-61-63(41-23-15-13-21-39(41)49)53-37-57-51(35-59(53)72(61,9)10)52-36-60-54(38-58(52)71(57,7)8)64-42-24-16-14-22-40(42)50(34-62(64)73(60,11)12)48-28-18-26-44-46-30-20-32-56(70(4,5)6)68(46)75-66(44)48/h13-38H,1-12H3. The lowest BCUT2D eigenvalue weighted by Gasteiger charge is -2.25. The molecule has 0 N–H and O–H groups in total. The minimum atomic E-state index is -0.259. The summed E-state index contributed by atoms with van der Waals surface area (Å²) in [4.78, 5) is 0. The fraction of sp³-hybridized carbons (Fsp3) is 0.233. The zero-order chi connectivity index (χ0) is 51.6. The number of hydrogen-bond donors (Lipinski definition) is 0. The Morgan fingerprint density at radius 2 is 0.560 bits per heavy atom. The summed E-state index contributed by atoms with van der Waals surface area (Å²) in [5.41, 5.74) is 26.8. The summed E-state index contributed by atoms with van der Waals surface area (Å²) in [6.07, 6.45) is 0. The van der Waals surface area contributed by atoms with E-state index in [1.54, 1.807) is 0 Å². The lowest BCUT2D eigenvalue weighted by Crippen LogP contribution is -2.17. The fourth-order valence-corrected chi connectivity index (χ4v) is 14.6. The van der Waals surface area contributed by atoms with E-state index in [1.807, 2.05) is 0 Å². The lowest BCUT2D eigenvalue weighted by atomic mass is 9.78. The molecule has 75 heavy (non-hydrogen) atoms. The van der Waals surface area contributed by atoms with Crippen molar-refractivity contribution >= 4 is 65.4 Å². The van der Waals surface area contributed by atoms with Gasteiger partial charge >= 0.3 is 0 Å². The van der Waals surface area contributed by atoms with Gasteiger partial charge in [0.25, 0.3) is 0 Å². The van der Waals surface area contributed by atoms with Crippen LogP contribution in [0.2, 0.25) is 0 Å². The first-order chi connectivity index (χ1) is 35.7. The number of para-hydroxylation sites is 4. The van der Waals surface area contributed by atoms with Gasteiger partial charge in [0.05, 0.1) is 0 Å². The van der Waals surface area contributed by atoms with E-state index in [-0.39, 0.29) is 27.1 Å². The summed E-state index contributed by atoms with van der Waals surface area (Å²) in [6.45, 7) is 28.3. The molecule has 3 aliphatic rings. The Morgan fingerprint density at radius 3 is 0.947 bits per heavy atom. The number of benzene rings is 10. The minimum absolute atomic E-state index is 0.0515. The summed E-state index contributed by atoms with van der Waals surface area (Å²) < 4.78 is 14.1. The van der Waals surface area contributed by atoms with Gasteiger partial charge in [0.1, 0.15) is 22.3 Å². The van der Waals surface area contributed by atoms with Crippen molar-refractivity contribution in [2.45, 2.75) is 110 Å². The molecule has 3 aliphatic carbocycles. The highest BCUT2D eigenvalue weighted by Crippen LogP contribution is 2.62. The second-order valence-electron chi connectivity index (χ2n) is 26.0. The maximum Gasteiger partial charge on any atom is 0.143 e. The predicted octanol–water partition coefficient (Wildman–Crippen LogP) is 20.6. The van der Waals surface area contributed by atoms with Gasteiger partial charge in [-0.2, -0.15) is 0 Å². The predicted molar refractivity (Wildman–Crippen MR) is 317 cm³/mol. The molecule has 0 aliphatic heterocycles. The molecule has 2 heteroatoms. The van der Waals surface area contributed by atoms with Gasteiger partial charge in [0.2, 0.25) is 0 Å². The van der Waals surface area contributed by atoms with Crippen LogP contribution >= 0.6 is 0 Å². The van der Waals surface area contributed by atoms with Crippen molar-refractivity contribution in [3.8, 4) is 55.6 Å². The minimum Gasteiger partial charge on any atom is -0.455 e. The van der Waals surface area contributed by atoms with E-state index < -0.39 is 0 Å². The number of hydrogen-bond acceptors (Lipinski definition) is 2. The quantitative estimate of drug-likeness (QED) is 0.173. The van der Waals surface area contributed by atoms with Crippen molar-refractivity contribution in [3.05, 3.63) is 202 Å². The van der Waals surface area contributed by atoms with E-state index in [0.29, 0.717) is 0 Å². The van der Waals surface area contributed by atoms with Crippen LogP contribution in [0.5, 0.6) is 0 Å². The fourth-order valence-electron chi connectivity index (χ4n) is 14.6. The lowest BCUT2D eigenvalue weighted by molar-refractivity contribution is 0.572. The van der Waals surface area contributed by atoms with Gasteiger partial charge in [-0.05, 0) is 147 Å². The van der Waals surface area contributed by atoms with Gasteiger partial charge < -0.3 is 8.83 Å². The van der Waals surface area contributed by atoms with E-state index in [0.717, 1.165) is 33.5 Å². The molecule has 0 saturated carbocycles. The average Bonchev–Trinajstić information content (AvgIpc) is 4.33. The molecule has 0 fully saturated rings. The van der Waals surface area contributed by atoms with Crippen LogP contribution in [0.25, 0.3) is 121 Å². The van der Waals surface area contributed by atoms with Crippen LogP contribution in [0.3, 0.4) is 0 Å². The highest BCUT2D eigenvalue weighted by atomic mass is 16.3. The second-order valence-corrected chi connectivity index (χ2v) is 26.0. The van der Waals surface area contributed by atoms with Gasteiger partial charge in [-0.3, -0.25) is 0 Å². The molecule has 0 saturated heterocycles. The SMILES string of the molecule is CC(C)(C)c1cccc2c1oc1c(-c3cc4c(c5ccccc35)-c3cc5c(cc3C4(C)C)-c3cc4c(cc3C5(C)C)-c3c(cc(-c5cccc6c5oc5c(C(C)(C)C)cccc56)c5ccccc35)C4(C)C)cccc12. The number of rotatable bonds is 2. The number of furan rings is 2. The molecule has 0 amide bonds. The summed E-state index contributed by atoms with van der Waals surface area (Å²) in [5.74, 6) is 0. The smallest absolute Gasteiger partial charge is 0.143 e. The van der Waals surface area contributed by atoms with Crippen molar-refractivity contribution in [2.75, 3.05) is 0 Å². The van der Waals surface area contributed by atoms with Gasteiger partial charge in [-0.25, -0.2) is 0 Å². The maximum atomic E-state index is 7.04. The Labute approximate surface area is 440 Å². The Bertz CT molecular complexity index is 4270. The molecule has 2 aromatic heterocycles. The van der Waals surface area contributed by atoms with Crippen LogP contribution in [-0.2, 0) is 27.1 Å². The third kappa shape index (κ3) is 5.76. The molecule has 2 heterocycles. The summed E-state index contributed by atoms with van der Waals surface area (Å²) in [5, 5.41) is 9.78. The van der Waals surface area contributed by atoms with E-state index in [4.69, 9.17) is 8.83 Å².